The second-order valence-corrected chi connectivity index (χ2v) is 7.64. The summed E-state index contributed by atoms with van der Waals surface area (Å²) in [4.78, 5) is 15.0. The molecule has 8 nitrogen and oxygen atoms in total. The summed E-state index contributed by atoms with van der Waals surface area (Å²) in [6.45, 7) is 4.57. The van der Waals surface area contributed by atoms with Crippen molar-refractivity contribution in [3.8, 4) is 0 Å². The Labute approximate surface area is 191 Å². The second-order valence-electron chi connectivity index (χ2n) is 6.82. The lowest BCUT2D eigenvalue weighted by Crippen LogP contribution is -2.38. The highest BCUT2D eigenvalue weighted by Crippen LogP contribution is 2.32. The Morgan fingerprint density at radius 1 is 1.16 bits per heavy atom. The Balaban J connectivity index is 2.07. The molecule has 0 radical (unpaired) electrons. The van der Waals surface area contributed by atoms with E-state index in [9.17, 15) is 4.79 Å². The maximum Gasteiger partial charge on any atom is 0.358 e. The zero-order chi connectivity index (χ0) is 22.5. The molecule has 0 atom stereocenters. The number of halogens is 2. The van der Waals surface area contributed by atoms with E-state index in [0.29, 0.717) is 40.2 Å². The zero-order valence-corrected chi connectivity index (χ0v) is 18.6. The summed E-state index contributed by atoms with van der Waals surface area (Å²) in [5.74, 6) is 5.70. The highest BCUT2D eigenvalue weighted by atomic mass is 35.5. The molecule has 31 heavy (non-hydrogen) atoms. The fourth-order valence-corrected chi connectivity index (χ4v) is 3.52. The number of nitrogens with zero attached hydrogens (tertiary/aromatic N) is 2. The molecule has 3 rings (SSSR count). The van der Waals surface area contributed by atoms with Crippen molar-refractivity contribution < 1.29 is 14.3 Å². The highest BCUT2D eigenvalue weighted by Gasteiger charge is 2.25. The number of benzene rings is 2. The van der Waals surface area contributed by atoms with Crippen LogP contribution in [0.15, 0.2) is 42.1 Å². The maximum atomic E-state index is 12.8. The monoisotopic (exact) mass is 465 g/mol. The number of anilines is 3. The third-order valence-electron chi connectivity index (χ3n) is 4.85. The number of esters is 1. The highest BCUT2D eigenvalue weighted by molar-refractivity contribution is 6.42. The van der Waals surface area contributed by atoms with E-state index in [-0.39, 0.29) is 18.0 Å². The van der Waals surface area contributed by atoms with E-state index < -0.39 is 5.97 Å². The largest absolute Gasteiger partial charge is 0.461 e. The van der Waals surface area contributed by atoms with Gasteiger partial charge in [-0.15, -0.1) is 0 Å². The van der Waals surface area contributed by atoms with Crippen LogP contribution in [0.25, 0.3) is 5.70 Å². The Morgan fingerprint density at radius 3 is 2.52 bits per heavy atom. The van der Waals surface area contributed by atoms with Crippen LogP contribution < -0.4 is 27.2 Å². The molecule has 2 aromatic rings. The summed E-state index contributed by atoms with van der Waals surface area (Å²) in [7, 11) is 0. The summed E-state index contributed by atoms with van der Waals surface area (Å²) < 4.78 is 10.6. The van der Waals surface area contributed by atoms with Gasteiger partial charge in [0.25, 0.3) is 0 Å². The molecule has 10 heteroatoms. The van der Waals surface area contributed by atoms with Crippen LogP contribution in [0.4, 0.5) is 17.1 Å². The average Bonchev–Trinajstić information content (AvgIpc) is 2.76. The number of hydrazine groups is 1. The molecule has 166 valence electrons. The van der Waals surface area contributed by atoms with Gasteiger partial charge in [0.15, 0.2) is 5.70 Å². The normalized spacial score (nSPS) is 14.8. The molecule has 1 heterocycles. The number of hydrogen-bond acceptors (Lipinski definition) is 8. The summed E-state index contributed by atoms with van der Waals surface area (Å²) in [5, 5.41) is 1.81. The first-order chi connectivity index (χ1) is 14.8. The average molecular weight is 466 g/mol. The van der Waals surface area contributed by atoms with Crippen LogP contribution in [0, 0.1) is 0 Å². The molecule has 0 aliphatic carbocycles. The van der Waals surface area contributed by atoms with Gasteiger partial charge in [-0.05, 0) is 37.3 Å². The van der Waals surface area contributed by atoms with Gasteiger partial charge in [-0.1, -0.05) is 29.3 Å². The number of hydrogen-bond donors (Lipinski definition) is 3. The molecule has 0 spiro atoms. The first kappa shape index (κ1) is 23.0. The second kappa shape index (κ2) is 10.1. The van der Waals surface area contributed by atoms with Crippen LogP contribution in [0.2, 0.25) is 10.0 Å². The van der Waals surface area contributed by atoms with Gasteiger partial charge in [0.1, 0.15) is 0 Å². The topological polar surface area (TPSA) is 120 Å². The Hall–Kier alpha value is -2.65. The summed E-state index contributed by atoms with van der Waals surface area (Å²) >= 11 is 12.1. The first-order valence-electron chi connectivity index (χ1n) is 9.72. The van der Waals surface area contributed by atoms with Crippen molar-refractivity contribution in [3.63, 3.8) is 0 Å². The molecule has 2 aromatic carbocycles. The Kier molecular flexibility index (Phi) is 7.50. The SMILES string of the molecule is CCOC(=O)/C(=C(\N)c1ccc(Cl)c(Cl)c1)N(N)c1cc(N2CCOCC2)ccc1N. The Morgan fingerprint density at radius 2 is 1.87 bits per heavy atom. The molecule has 0 bridgehead atoms. The van der Waals surface area contributed by atoms with Crippen molar-refractivity contribution in [2.75, 3.05) is 48.6 Å². The Bertz CT molecular complexity index is 993. The van der Waals surface area contributed by atoms with E-state index in [1.807, 2.05) is 12.1 Å². The number of carbonyl (C=O) groups is 1. The van der Waals surface area contributed by atoms with Crippen molar-refractivity contribution >= 4 is 51.9 Å². The molecule has 0 unspecified atom stereocenters. The zero-order valence-electron chi connectivity index (χ0n) is 17.1. The third kappa shape index (κ3) is 5.16. The summed E-state index contributed by atoms with van der Waals surface area (Å²) in [6, 6.07) is 10.2. The lowest BCUT2D eigenvalue weighted by Gasteiger charge is -2.30. The van der Waals surface area contributed by atoms with Crippen molar-refractivity contribution in [1.29, 1.82) is 0 Å². The van der Waals surface area contributed by atoms with E-state index in [1.165, 1.54) is 0 Å². The van der Waals surface area contributed by atoms with Crippen molar-refractivity contribution in [2.45, 2.75) is 6.92 Å². The lowest BCUT2D eigenvalue weighted by molar-refractivity contribution is -0.138. The number of morpholine rings is 1. The lowest BCUT2D eigenvalue weighted by atomic mass is 10.1. The predicted octanol–water partition coefficient (Wildman–Crippen LogP) is 2.98. The minimum Gasteiger partial charge on any atom is -0.461 e. The number of nitrogen functional groups attached to an aromatic ring is 1. The molecule has 0 aromatic heterocycles. The van der Waals surface area contributed by atoms with E-state index in [0.717, 1.165) is 23.8 Å². The maximum absolute atomic E-state index is 12.8. The smallest absolute Gasteiger partial charge is 0.358 e. The number of nitrogens with two attached hydrogens (primary N) is 3. The molecule has 1 aliphatic heterocycles. The molecule has 6 N–H and O–H groups in total. The van der Waals surface area contributed by atoms with Crippen molar-refractivity contribution in [3.05, 3.63) is 57.7 Å². The van der Waals surface area contributed by atoms with Crippen LogP contribution in [-0.4, -0.2) is 38.9 Å². The molecule has 0 saturated carbocycles. The van der Waals surface area contributed by atoms with Gasteiger partial charge in [-0.3, -0.25) is 5.01 Å². The fraction of sp³-hybridized carbons (Fsp3) is 0.286. The quantitative estimate of drug-likeness (QED) is 0.195. The summed E-state index contributed by atoms with van der Waals surface area (Å²) in [5.41, 5.74) is 14.7. The third-order valence-corrected chi connectivity index (χ3v) is 5.58. The van der Waals surface area contributed by atoms with Gasteiger partial charge in [0.05, 0.1) is 46.9 Å². The van der Waals surface area contributed by atoms with Gasteiger partial charge in [0, 0.05) is 24.3 Å². The minimum atomic E-state index is -0.690. The van der Waals surface area contributed by atoms with Crippen LogP contribution >= 0.6 is 23.2 Å². The van der Waals surface area contributed by atoms with Crippen LogP contribution in [-0.2, 0) is 14.3 Å². The predicted molar refractivity (Wildman–Crippen MR) is 125 cm³/mol. The van der Waals surface area contributed by atoms with E-state index in [1.54, 1.807) is 31.2 Å². The van der Waals surface area contributed by atoms with Crippen LogP contribution in [0.3, 0.4) is 0 Å². The molecule has 1 saturated heterocycles. The fourth-order valence-electron chi connectivity index (χ4n) is 3.22. The van der Waals surface area contributed by atoms with Gasteiger partial charge in [0.2, 0.25) is 0 Å². The molecular weight excluding hydrogens is 441 g/mol. The number of rotatable bonds is 6. The molecule has 0 amide bonds. The van der Waals surface area contributed by atoms with E-state index in [4.69, 9.17) is 50.0 Å². The molecular formula is C21H25Cl2N5O3. The number of carbonyl (C=O) groups excluding carboxylic acids is 1. The molecule has 1 fully saturated rings. The van der Waals surface area contributed by atoms with Crippen molar-refractivity contribution in [1.82, 2.24) is 0 Å². The van der Waals surface area contributed by atoms with Gasteiger partial charge < -0.3 is 25.8 Å². The summed E-state index contributed by atoms with van der Waals surface area (Å²) in [6.07, 6.45) is 0. The van der Waals surface area contributed by atoms with Gasteiger partial charge >= 0.3 is 5.97 Å². The molecule has 1 aliphatic rings. The van der Waals surface area contributed by atoms with E-state index >= 15 is 0 Å². The minimum absolute atomic E-state index is 0.0638. The number of ether oxygens (including phenoxy) is 2. The van der Waals surface area contributed by atoms with E-state index in [2.05, 4.69) is 4.90 Å². The van der Waals surface area contributed by atoms with Crippen molar-refractivity contribution in [2.24, 2.45) is 11.6 Å². The van der Waals surface area contributed by atoms with Gasteiger partial charge in [-0.25, -0.2) is 10.6 Å². The first-order valence-corrected chi connectivity index (χ1v) is 10.5. The van der Waals surface area contributed by atoms with Crippen LogP contribution in [0.5, 0.6) is 0 Å². The standard InChI is InChI=1S/C21H25Cl2N5O3/c1-2-31-21(29)20(19(25)13-3-5-15(22)16(23)11-13)28(26)18-12-14(4-6-17(18)24)27-7-9-30-10-8-27/h3-6,11-12H,2,7-10,24-26H2,1H3/b20-19+. The van der Waals surface area contributed by atoms with Gasteiger partial charge in [-0.2, -0.15) is 0 Å². The van der Waals surface area contributed by atoms with Crippen LogP contribution in [0.1, 0.15) is 12.5 Å².